The normalized spacial score (nSPS) is 12.0. The number of nitrogens with one attached hydrogen (secondary N) is 1. The fraction of sp³-hybridized carbons (Fsp3) is 0.375. The maximum Gasteiger partial charge on any atom is 0.264 e. The second-order valence-corrected chi connectivity index (χ2v) is 12.5. The van der Waals surface area contributed by atoms with Crippen LogP contribution in [0.5, 0.6) is 5.75 Å². The molecule has 0 radical (unpaired) electrons. The number of ether oxygens (including phenoxy) is 1. The summed E-state index contributed by atoms with van der Waals surface area (Å²) >= 11 is 6.03. The number of carbonyl (C=O) groups is 2. The summed E-state index contributed by atoms with van der Waals surface area (Å²) in [4.78, 5) is 29.0. The van der Waals surface area contributed by atoms with Crippen LogP contribution in [0.3, 0.4) is 0 Å². The molecule has 0 saturated carbocycles. The number of hydrogen-bond acceptors (Lipinski definition) is 5. The minimum absolute atomic E-state index is 0.00150. The first-order chi connectivity index (χ1) is 20.0. The number of anilines is 1. The van der Waals surface area contributed by atoms with Crippen LogP contribution < -0.4 is 14.4 Å². The summed E-state index contributed by atoms with van der Waals surface area (Å²) in [6.45, 7) is 7.77. The van der Waals surface area contributed by atoms with Gasteiger partial charge in [0.05, 0.1) is 17.7 Å². The molecule has 0 bridgehead atoms. The zero-order chi connectivity index (χ0) is 30.9. The Morgan fingerprint density at radius 3 is 2.31 bits per heavy atom. The summed E-state index contributed by atoms with van der Waals surface area (Å²) in [5, 5.41) is 3.33. The Morgan fingerprint density at radius 2 is 1.69 bits per heavy atom. The Labute approximate surface area is 254 Å². The summed E-state index contributed by atoms with van der Waals surface area (Å²) in [7, 11) is -2.62. The largest absolute Gasteiger partial charge is 0.497 e. The quantitative estimate of drug-likeness (QED) is 0.229. The molecule has 10 heteroatoms. The highest BCUT2D eigenvalue weighted by Gasteiger charge is 2.33. The maximum absolute atomic E-state index is 14.2. The molecule has 0 aromatic heterocycles. The van der Waals surface area contributed by atoms with Gasteiger partial charge in [0.2, 0.25) is 11.8 Å². The minimum Gasteiger partial charge on any atom is -0.497 e. The van der Waals surface area contributed by atoms with E-state index < -0.39 is 28.5 Å². The van der Waals surface area contributed by atoms with Crippen LogP contribution in [-0.2, 0) is 26.2 Å². The Morgan fingerprint density at radius 1 is 0.976 bits per heavy atom. The smallest absolute Gasteiger partial charge is 0.264 e. The minimum atomic E-state index is -4.18. The van der Waals surface area contributed by atoms with Crippen molar-refractivity contribution >= 4 is 39.1 Å². The molecule has 0 aliphatic heterocycles. The first-order valence-electron chi connectivity index (χ1n) is 14.1. The van der Waals surface area contributed by atoms with Gasteiger partial charge in [-0.2, -0.15) is 0 Å². The Hall–Kier alpha value is -3.56. The highest BCUT2D eigenvalue weighted by atomic mass is 35.5. The maximum atomic E-state index is 14.2. The summed E-state index contributed by atoms with van der Waals surface area (Å²) in [5.74, 6) is -0.172. The lowest BCUT2D eigenvalue weighted by atomic mass is 10.1. The molecule has 1 atom stereocenters. The number of carbonyl (C=O) groups excluding carboxylic acids is 2. The highest BCUT2D eigenvalue weighted by Crippen LogP contribution is 2.27. The molecular weight excluding hydrogens is 574 g/mol. The predicted molar refractivity (Wildman–Crippen MR) is 167 cm³/mol. The van der Waals surface area contributed by atoms with Gasteiger partial charge >= 0.3 is 0 Å². The van der Waals surface area contributed by atoms with E-state index in [2.05, 4.69) is 5.32 Å². The van der Waals surface area contributed by atoms with Crippen molar-refractivity contribution in [2.24, 2.45) is 0 Å². The highest BCUT2D eigenvalue weighted by molar-refractivity contribution is 7.92. The number of hydrogen-bond donors (Lipinski definition) is 1. The Bertz CT molecular complexity index is 1480. The molecule has 8 nitrogen and oxygen atoms in total. The topological polar surface area (TPSA) is 96.0 Å². The molecule has 226 valence electrons. The Kier molecular flexibility index (Phi) is 11.8. The van der Waals surface area contributed by atoms with Crippen molar-refractivity contribution in [3.63, 3.8) is 0 Å². The van der Waals surface area contributed by atoms with Gasteiger partial charge in [0, 0.05) is 18.1 Å². The number of benzene rings is 3. The second-order valence-electron chi connectivity index (χ2n) is 10.2. The molecule has 42 heavy (non-hydrogen) atoms. The van der Waals surface area contributed by atoms with Crippen molar-refractivity contribution in [3.05, 3.63) is 88.4 Å². The molecule has 0 saturated heterocycles. The van der Waals surface area contributed by atoms with Crippen molar-refractivity contribution in [3.8, 4) is 5.75 Å². The van der Waals surface area contributed by atoms with Crippen molar-refractivity contribution in [1.82, 2.24) is 10.2 Å². The van der Waals surface area contributed by atoms with Crippen LogP contribution >= 0.6 is 11.6 Å². The number of unbranched alkanes of at least 4 members (excludes halogenated alkanes) is 1. The van der Waals surface area contributed by atoms with Gasteiger partial charge in [0.15, 0.2) is 0 Å². The van der Waals surface area contributed by atoms with Crippen LogP contribution in [0.25, 0.3) is 0 Å². The molecular formula is C32H40ClN3O5S. The van der Waals surface area contributed by atoms with Gasteiger partial charge in [-0.1, -0.05) is 50.1 Å². The molecule has 3 aromatic rings. The zero-order valence-corrected chi connectivity index (χ0v) is 26.5. The predicted octanol–water partition coefficient (Wildman–Crippen LogP) is 5.88. The van der Waals surface area contributed by atoms with E-state index >= 15 is 0 Å². The van der Waals surface area contributed by atoms with E-state index in [-0.39, 0.29) is 17.3 Å². The van der Waals surface area contributed by atoms with Crippen molar-refractivity contribution in [2.45, 2.75) is 64.4 Å². The molecule has 0 heterocycles. The van der Waals surface area contributed by atoms with Crippen LogP contribution in [-0.4, -0.2) is 51.4 Å². The lowest BCUT2D eigenvalue weighted by Gasteiger charge is -2.33. The molecule has 0 spiro atoms. The van der Waals surface area contributed by atoms with Gasteiger partial charge < -0.3 is 15.0 Å². The molecule has 1 N–H and O–H groups in total. The third-order valence-corrected chi connectivity index (χ3v) is 9.20. The average molecular weight is 614 g/mol. The Balaban J connectivity index is 2.07. The molecule has 3 aromatic carbocycles. The van der Waals surface area contributed by atoms with E-state index in [0.29, 0.717) is 29.4 Å². The number of nitrogens with zero attached hydrogens (tertiary/aromatic N) is 2. The van der Waals surface area contributed by atoms with E-state index in [4.69, 9.17) is 16.3 Å². The van der Waals surface area contributed by atoms with Gasteiger partial charge in [-0.25, -0.2) is 8.42 Å². The monoisotopic (exact) mass is 613 g/mol. The number of amides is 2. The second kappa shape index (κ2) is 15.1. The van der Waals surface area contributed by atoms with Crippen molar-refractivity contribution < 1.29 is 22.7 Å². The lowest BCUT2D eigenvalue weighted by Crippen LogP contribution is -2.52. The third-order valence-electron chi connectivity index (χ3n) is 7.16. The molecule has 0 unspecified atom stereocenters. The third kappa shape index (κ3) is 8.26. The van der Waals surface area contributed by atoms with Gasteiger partial charge in [-0.15, -0.1) is 0 Å². The first kappa shape index (κ1) is 32.9. The van der Waals surface area contributed by atoms with E-state index in [1.165, 1.54) is 29.2 Å². The van der Waals surface area contributed by atoms with Crippen LogP contribution in [0.1, 0.15) is 49.8 Å². The summed E-state index contributed by atoms with van der Waals surface area (Å²) < 4.78 is 34.5. The fourth-order valence-electron chi connectivity index (χ4n) is 4.54. The van der Waals surface area contributed by atoms with Gasteiger partial charge in [0.25, 0.3) is 10.0 Å². The number of rotatable bonds is 14. The van der Waals surface area contributed by atoms with Crippen molar-refractivity contribution in [1.29, 1.82) is 0 Å². The van der Waals surface area contributed by atoms with Gasteiger partial charge in [0.1, 0.15) is 18.3 Å². The average Bonchev–Trinajstić information content (AvgIpc) is 2.97. The first-order valence-corrected chi connectivity index (χ1v) is 15.9. The van der Waals surface area contributed by atoms with E-state index in [1.54, 1.807) is 31.4 Å². The van der Waals surface area contributed by atoms with Crippen LogP contribution in [0.2, 0.25) is 5.02 Å². The lowest BCUT2D eigenvalue weighted by molar-refractivity contribution is -0.140. The number of halogens is 1. The number of sulfonamides is 1. The van der Waals surface area contributed by atoms with Crippen LogP contribution in [0.4, 0.5) is 5.69 Å². The summed E-state index contributed by atoms with van der Waals surface area (Å²) in [6.07, 6.45) is 2.07. The van der Waals surface area contributed by atoms with E-state index in [9.17, 15) is 18.0 Å². The summed E-state index contributed by atoms with van der Waals surface area (Å²) in [5.41, 5.74) is 2.97. The molecule has 3 rings (SSSR count). The van der Waals surface area contributed by atoms with Crippen LogP contribution in [0, 0.1) is 13.8 Å². The zero-order valence-electron chi connectivity index (χ0n) is 24.9. The molecule has 0 fully saturated rings. The number of aryl methyl sites for hydroxylation is 2. The molecule has 0 aliphatic carbocycles. The van der Waals surface area contributed by atoms with Crippen molar-refractivity contribution in [2.75, 3.05) is 24.5 Å². The SMILES string of the molecule is CCCCNC(=O)[C@H](CC)N(Cc1cccc(OC)c1)C(=O)CN(c1ccc(C)c(C)c1)S(=O)(=O)c1ccc(Cl)cc1. The standard InChI is InChI=1S/C32H40ClN3O5S/c1-6-8-18-34-32(38)30(7-2)35(21-25-10-9-11-28(20-25)41-5)31(37)22-36(27-15-12-23(3)24(4)19-27)42(39,40)29-16-13-26(33)14-17-29/h9-17,19-20,30H,6-8,18,21-22H2,1-5H3,(H,34,38)/t30-/m0/s1. The van der Waals surface area contributed by atoms with Crippen LogP contribution in [0.15, 0.2) is 71.6 Å². The van der Waals surface area contributed by atoms with Gasteiger partial charge in [-0.3, -0.25) is 13.9 Å². The summed E-state index contributed by atoms with van der Waals surface area (Å²) in [6, 6.07) is 17.5. The van der Waals surface area contributed by atoms with E-state index in [0.717, 1.165) is 33.8 Å². The molecule has 2 amide bonds. The number of methoxy groups -OCH3 is 1. The van der Waals surface area contributed by atoms with E-state index in [1.807, 2.05) is 45.9 Å². The molecule has 0 aliphatic rings. The fourth-order valence-corrected chi connectivity index (χ4v) is 6.07. The van der Waals surface area contributed by atoms with Gasteiger partial charge in [-0.05, 0) is 91.9 Å².